The number of rotatable bonds is 18. The van der Waals surface area contributed by atoms with Crippen molar-refractivity contribution in [2.45, 2.75) is 50.6 Å². The Morgan fingerprint density at radius 3 is 1.38 bits per heavy atom. The summed E-state index contributed by atoms with van der Waals surface area (Å²) in [7, 11) is 4.42. The summed E-state index contributed by atoms with van der Waals surface area (Å²) in [6.07, 6.45) is 2.79. The minimum absolute atomic E-state index is 0.141. The van der Waals surface area contributed by atoms with Crippen molar-refractivity contribution in [3.63, 3.8) is 0 Å². The van der Waals surface area contributed by atoms with Gasteiger partial charge in [-0.1, -0.05) is 13.8 Å². The van der Waals surface area contributed by atoms with Gasteiger partial charge in [0.1, 0.15) is 0 Å². The first-order chi connectivity index (χ1) is 13.7. The predicted octanol–water partition coefficient (Wildman–Crippen LogP) is 3.15. The van der Waals surface area contributed by atoms with Crippen LogP contribution in [0.1, 0.15) is 39.5 Å². The van der Waals surface area contributed by atoms with Gasteiger partial charge in [-0.25, -0.2) is 0 Å². The summed E-state index contributed by atoms with van der Waals surface area (Å²) in [6.45, 7) is 6.61. The molecule has 0 aromatic carbocycles. The minimum Gasteiger partial charge on any atom is -0.377 e. The van der Waals surface area contributed by atoms with Crippen LogP contribution in [0.5, 0.6) is 0 Å². The Hall–Kier alpha value is 0.114. The number of nitrogens with zero attached hydrogens (tertiary/aromatic N) is 1. The zero-order valence-electron chi connectivity index (χ0n) is 19.3. The summed E-state index contributed by atoms with van der Waals surface area (Å²) in [4.78, 5) is 13.4. The van der Waals surface area contributed by atoms with E-state index in [-0.39, 0.29) is 16.3 Å². The number of hydrogen-bond donors (Lipinski definition) is 0. The number of carbonyl (C=O) groups is 1. The first kappa shape index (κ1) is 29.1. The fourth-order valence-corrected chi connectivity index (χ4v) is 8.10. The molecule has 0 rings (SSSR count). The normalized spacial score (nSPS) is 15.0. The van der Waals surface area contributed by atoms with E-state index in [9.17, 15) is 4.79 Å². The number of hydrogen-bond acceptors (Lipinski definition) is 8. The van der Waals surface area contributed by atoms with Gasteiger partial charge >= 0.3 is 17.6 Å². The Kier molecular flexibility index (Phi) is 15.1. The van der Waals surface area contributed by atoms with Crippen LogP contribution in [0.4, 0.5) is 0 Å². The Morgan fingerprint density at radius 1 is 0.759 bits per heavy atom. The van der Waals surface area contributed by atoms with E-state index >= 15 is 0 Å². The Bertz CT molecular complexity index is 407. The molecule has 0 aliphatic heterocycles. The molecular weight excluding hydrogens is 434 g/mol. The summed E-state index contributed by atoms with van der Waals surface area (Å²) < 4.78 is 33.6. The molecule has 29 heavy (non-hydrogen) atoms. The molecule has 0 spiro atoms. The maximum atomic E-state index is 11.1. The van der Waals surface area contributed by atoms with E-state index in [0.29, 0.717) is 12.8 Å². The van der Waals surface area contributed by atoms with Crippen LogP contribution in [-0.2, 0) is 31.4 Å². The molecular formula is C18H40ClNO7Si2. The third-order valence-electron chi connectivity index (χ3n) is 5.52. The topological polar surface area (TPSA) is 75.7 Å². The summed E-state index contributed by atoms with van der Waals surface area (Å²) in [5, 5.41) is -0.305. The van der Waals surface area contributed by atoms with Gasteiger partial charge in [0.05, 0.1) is 0 Å². The van der Waals surface area contributed by atoms with E-state index in [0.717, 1.165) is 32.5 Å². The van der Waals surface area contributed by atoms with Crippen molar-refractivity contribution in [3.05, 3.63) is 0 Å². The Morgan fingerprint density at radius 2 is 1.10 bits per heavy atom. The number of halogens is 1. The largest absolute Gasteiger partial charge is 0.503 e. The van der Waals surface area contributed by atoms with Crippen LogP contribution in [0.3, 0.4) is 0 Å². The number of carbonyl (C=O) groups excluding carboxylic acids is 1. The average molecular weight is 474 g/mol. The predicted molar refractivity (Wildman–Crippen MR) is 118 cm³/mol. The van der Waals surface area contributed by atoms with Crippen LogP contribution in [0.15, 0.2) is 0 Å². The molecule has 2 unspecified atom stereocenters. The smallest absolute Gasteiger partial charge is 0.377 e. The lowest BCUT2D eigenvalue weighted by molar-refractivity contribution is -0.111. The quantitative estimate of drug-likeness (QED) is 0.222. The molecule has 11 heteroatoms. The van der Waals surface area contributed by atoms with Gasteiger partial charge in [0.25, 0.3) is 0 Å². The van der Waals surface area contributed by atoms with Crippen molar-refractivity contribution in [1.82, 2.24) is 4.90 Å². The second-order valence-electron chi connectivity index (χ2n) is 7.11. The highest BCUT2D eigenvalue weighted by Crippen LogP contribution is 2.29. The Balaban J connectivity index is 4.99. The summed E-state index contributed by atoms with van der Waals surface area (Å²) in [5.74, 6) is 0. The molecule has 0 heterocycles. The zero-order valence-corrected chi connectivity index (χ0v) is 22.0. The van der Waals surface area contributed by atoms with E-state index in [4.69, 9.17) is 38.2 Å². The van der Waals surface area contributed by atoms with Crippen molar-refractivity contribution >= 4 is 34.5 Å². The van der Waals surface area contributed by atoms with E-state index in [1.807, 2.05) is 0 Å². The molecule has 174 valence electrons. The fourth-order valence-electron chi connectivity index (χ4n) is 3.59. The Labute approximate surface area is 183 Å². The maximum Gasteiger partial charge on any atom is 0.503 e. The van der Waals surface area contributed by atoms with Crippen molar-refractivity contribution in [2.24, 2.45) is 0 Å². The van der Waals surface area contributed by atoms with Crippen molar-refractivity contribution < 1.29 is 31.4 Å². The van der Waals surface area contributed by atoms with Crippen molar-refractivity contribution in [1.29, 1.82) is 0 Å². The lowest BCUT2D eigenvalue weighted by Gasteiger charge is -2.33. The van der Waals surface area contributed by atoms with Crippen LogP contribution >= 0.6 is 11.6 Å². The van der Waals surface area contributed by atoms with Gasteiger partial charge < -0.3 is 31.5 Å². The van der Waals surface area contributed by atoms with Crippen molar-refractivity contribution in [3.8, 4) is 0 Å². The molecule has 0 radical (unpaired) electrons. The molecule has 0 saturated carbocycles. The average Bonchev–Trinajstić information content (AvgIpc) is 2.72. The van der Waals surface area contributed by atoms with Gasteiger partial charge in [0.2, 0.25) is 5.24 Å². The van der Waals surface area contributed by atoms with Crippen LogP contribution in [0, 0.1) is 0 Å². The lowest BCUT2D eigenvalue weighted by atomic mass is 10.2. The zero-order chi connectivity index (χ0) is 22.5. The van der Waals surface area contributed by atoms with E-state index < -0.39 is 17.6 Å². The van der Waals surface area contributed by atoms with Crippen LogP contribution in [0.2, 0.25) is 11.1 Å². The third-order valence-corrected chi connectivity index (χ3v) is 12.1. The van der Waals surface area contributed by atoms with Gasteiger partial charge in [-0.15, -0.1) is 0 Å². The highest BCUT2D eigenvalue weighted by Gasteiger charge is 2.45. The molecule has 0 bridgehead atoms. The standard InChI is InChI=1S/C18H40ClNO7Si2/c1-16(28(22-3,23-4)24-5)11-14-20(13-9-10-18(19)21)15-12-17(2)29(25-6,26-7)27-8/h16-17H,9-15H2,1-8H3. The molecule has 0 amide bonds. The highest BCUT2D eigenvalue weighted by atomic mass is 35.5. The maximum absolute atomic E-state index is 11.1. The van der Waals surface area contributed by atoms with Gasteiger partial charge in [-0.3, -0.25) is 4.79 Å². The second-order valence-corrected chi connectivity index (χ2v) is 14.4. The first-order valence-electron chi connectivity index (χ1n) is 9.92. The van der Waals surface area contributed by atoms with E-state index in [1.54, 1.807) is 42.7 Å². The molecule has 0 fully saturated rings. The molecule has 0 aliphatic carbocycles. The van der Waals surface area contributed by atoms with E-state index in [2.05, 4.69) is 18.7 Å². The van der Waals surface area contributed by atoms with Gasteiger partial charge in [0.15, 0.2) is 0 Å². The molecule has 0 saturated heterocycles. The molecule has 0 aromatic rings. The van der Waals surface area contributed by atoms with Gasteiger partial charge in [-0.05, 0) is 50.5 Å². The molecule has 0 aliphatic rings. The van der Waals surface area contributed by atoms with Crippen LogP contribution in [0.25, 0.3) is 0 Å². The third kappa shape index (κ3) is 9.02. The summed E-state index contributed by atoms with van der Waals surface area (Å²) >= 11 is 5.50. The molecule has 8 nitrogen and oxygen atoms in total. The highest BCUT2D eigenvalue weighted by molar-refractivity contribution is 6.63. The van der Waals surface area contributed by atoms with Gasteiger partial charge in [0, 0.05) is 60.2 Å². The first-order valence-corrected chi connectivity index (χ1v) is 13.9. The minimum atomic E-state index is -2.68. The van der Waals surface area contributed by atoms with Crippen LogP contribution < -0.4 is 0 Å². The molecule has 0 aromatic heterocycles. The SMILES string of the molecule is CO[Si](OC)(OC)C(C)CCN(CCCC(=O)Cl)CCC(C)[Si](OC)(OC)OC. The second kappa shape index (κ2) is 15.0. The van der Waals surface area contributed by atoms with Crippen molar-refractivity contribution in [2.75, 3.05) is 62.3 Å². The fraction of sp³-hybridized carbons (Fsp3) is 0.944. The molecule has 0 N–H and O–H groups in total. The molecule has 2 atom stereocenters. The summed E-state index contributed by atoms with van der Waals surface area (Å²) in [6, 6.07) is 0. The van der Waals surface area contributed by atoms with Crippen LogP contribution in [-0.4, -0.2) is 90.0 Å². The summed E-state index contributed by atoms with van der Waals surface area (Å²) in [5.41, 5.74) is 0.282. The van der Waals surface area contributed by atoms with Gasteiger partial charge in [-0.2, -0.15) is 0 Å². The lowest BCUT2D eigenvalue weighted by Crippen LogP contribution is -2.48. The monoisotopic (exact) mass is 473 g/mol. The van der Waals surface area contributed by atoms with E-state index in [1.165, 1.54) is 0 Å².